The zero-order valence-electron chi connectivity index (χ0n) is 22.6. The molecule has 0 bridgehead atoms. The van der Waals surface area contributed by atoms with Crippen LogP contribution in [0.25, 0.3) is 0 Å². The predicted octanol–water partition coefficient (Wildman–Crippen LogP) is 3.57. The summed E-state index contributed by atoms with van der Waals surface area (Å²) in [4.78, 5) is 29.6. The number of hydrogen-bond acceptors (Lipinski definition) is 8. The molecule has 1 saturated heterocycles. The van der Waals surface area contributed by atoms with Gasteiger partial charge < -0.3 is 24.6 Å². The predicted molar refractivity (Wildman–Crippen MR) is 142 cm³/mol. The van der Waals surface area contributed by atoms with Crippen LogP contribution in [-0.4, -0.2) is 92.9 Å². The van der Waals surface area contributed by atoms with Crippen LogP contribution in [-0.2, 0) is 6.54 Å². The Balaban J connectivity index is 1.40. The third-order valence-electron chi connectivity index (χ3n) is 7.05. The molecule has 208 valence electrons. The van der Waals surface area contributed by atoms with Gasteiger partial charge in [0.2, 0.25) is 5.95 Å². The lowest BCUT2D eigenvalue weighted by Crippen LogP contribution is -2.48. The molecule has 10 nitrogen and oxygen atoms in total. The Bertz CT molecular complexity index is 1100. The van der Waals surface area contributed by atoms with Gasteiger partial charge in [0.25, 0.3) is 0 Å². The van der Waals surface area contributed by atoms with Gasteiger partial charge in [-0.3, -0.25) is 9.80 Å². The number of carbonyl (C=O) groups is 1. The maximum absolute atomic E-state index is 15.1. The van der Waals surface area contributed by atoms with Gasteiger partial charge in [0.1, 0.15) is 11.5 Å². The van der Waals surface area contributed by atoms with Crippen LogP contribution >= 0.6 is 0 Å². The average Bonchev–Trinajstić information content (AvgIpc) is 2.92. The number of nitrogens with zero attached hydrogens (tertiary/aromatic N) is 6. The van der Waals surface area contributed by atoms with Crippen molar-refractivity contribution >= 4 is 23.5 Å². The van der Waals surface area contributed by atoms with Gasteiger partial charge in [-0.25, -0.2) is 18.6 Å². The quantitative estimate of drug-likeness (QED) is 0.439. The largest absolute Gasteiger partial charge is 0.493 e. The van der Waals surface area contributed by atoms with Gasteiger partial charge in [0.15, 0.2) is 23.1 Å². The smallest absolute Gasteiger partial charge is 0.330 e. The van der Waals surface area contributed by atoms with Gasteiger partial charge in [-0.05, 0) is 33.4 Å². The molecule has 0 spiro atoms. The first-order valence-corrected chi connectivity index (χ1v) is 13.1. The van der Waals surface area contributed by atoms with Crippen LogP contribution in [0, 0.1) is 11.6 Å². The lowest BCUT2D eigenvalue weighted by atomic mass is 10.1. The minimum absolute atomic E-state index is 0.0958. The van der Waals surface area contributed by atoms with Crippen LogP contribution in [0.2, 0.25) is 0 Å². The maximum Gasteiger partial charge on any atom is 0.330 e. The molecular weight excluding hydrogens is 496 g/mol. The summed E-state index contributed by atoms with van der Waals surface area (Å²) in [6, 6.07) is 0.517. The van der Waals surface area contributed by atoms with Crippen molar-refractivity contribution in [2.75, 3.05) is 82.2 Å². The second kappa shape index (κ2) is 12.5. The van der Waals surface area contributed by atoms with E-state index in [1.807, 2.05) is 0 Å². The number of methoxy groups -OCH3 is 2. The van der Waals surface area contributed by atoms with E-state index in [1.165, 1.54) is 19.1 Å². The number of unbranched alkanes of at least 4 members (excludes halogenated alkanes) is 2. The number of fused-ring (bicyclic) bond motifs is 1. The van der Waals surface area contributed by atoms with Gasteiger partial charge in [-0.1, -0.05) is 6.42 Å². The number of piperazine rings is 1. The zero-order valence-corrected chi connectivity index (χ0v) is 22.6. The zero-order chi connectivity index (χ0) is 27.2. The van der Waals surface area contributed by atoms with E-state index >= 15 is 8.78 Å². The minimum Gasteiger partial charge on any atom is -0.493 e. The summed E-state index contributed by atoms with van der Waals surface area (Å²) in [5.74, 6) is -1.56. The molecule has 4 rings (SSSR count). The summed E-state index contributed by atoms with van der Waals surface area (Å²) in [6.07, 6.45) is 4.81. The number of ether oxygens (including phenoxy) is 2. The van der Waals surface area contributed by atoms with E-state index in [9.17, 15) is 4.79 Å². The molecule has 1 aromatic carbocycles. The van der Waals surface area contributed by atoms with E-state index < -0.39 is 23.4 Å². The van der Waals surface area contributed by atoms with Crippen molar-refractivity contribution in [3.63, 3.8) is 0 Å². The Hall–Kier alpha value is -3.25. The topological polar surface area (TPSA) is 86.3 Å². The van der Waals surface area contributed by atoms with Crippen LogP contribution in [0.5, 0.6) is 11.5 Å². The molecule has 0 unspecified atom stereocenters. The van der Waals surface area contributed by atoms with Crippen molar-refractivity contribution in [2.45, 2.75) is 32.7 Å². The molecule has 0 aliphatic carbocycles. The Kier molecular flexibility index (Phi) is 9.16. The molecule has 2 amide bonds. The molecule has 3 heterocycles. The Morgan fingerprint density at radius 1 is 1.03 bits per heavy atom. The second-order valence-electron chi connectivity index (χ2n) is 9.55. The van der Waals surface area contributed by atoms with E-state index in [4.69, 9.17) is 9.47 Å². The molecular formula is C26H37F2N7O3. The number of amides is 2. The number of rotatable bonds is 11. The van der Waals surface area contributed by atoms with Gasteiger partial charge >= 0.3 is 6.03 Å². The highest BCUT2D eigenvalue weighted by molar-refractivity contribution is 6.05. The van der Waals surface area contributed by atoms with E-state index in [-0.39, 0.29) is 24.6 Å². The van der Waals surface area contributed by atoms with Crippen LogP contribution in [0.1, 0.15) is 31.7 Å². The molecule has 2 aliphatic rings. The van der Waals surface area contributed by atoms with Crippen LogP contribution in [0.15, 0.2) is 12.3 Å². The molecule has 2 aliphatic heterocycles. The van der Waals surface area contributed by atoms with Gasteiger partial charge in [-0.2, -0.15) is 4.98 Å². The number of benzene rings is 1. The van der Waals surface area contributed by atoms with Crippen molar-refractivity contribution in [1.29, 1.82) is 0 Å². The van der Waals surface area contributed by atoms with Crippen molar-refractivity contribution in [3.8, 4) is 11.5 Å². The molecule has 1 aromatic heterocycles. The number of nitrogens with one attached hydrogen (secondary N) is 1. The Morgan fingerprint density at radius 2 is 1.71 bits per heavy atom. The fourth-order valence-corrected chi connectivity index (χ4v) is 4.78. The molecule has 38 heavy (non-hydrogen) atoms. The minimum atomic E-state index is -0.981. The van der Waals surface area contributed by atoms with Gasteiger partial charge in [0, 0.05) is 57.1 Å². The summed E-state index contributed by atoms with van der Waals surface area (Å²) < 4.78 is 40.4. The first-order chi connectivity index (χ1) is 18.4. The Morgan fingerprint density at radius 3 is 2.34 bits per heavy atom. The average molecular weight is 534 g/mol. The molecule has 0 radical (unpaired) electrons. The lowest BCUT2D eigenvalue weighted by Gasteiger charge is -2.36. The molecule has 1 N–H and O–H groups in total. The van der Waals surface area contributed by atoms with E-state index in [2.05, 4.69) is 32.1 Å². The van der Waals surface area contributed by atoms with Crippen LogP contribution in [0.4, 0.5) is 31.0 Å². The summed E-state index contributed by atoms with van der Waals surface area (Å²) in [6.45, 7) is 8.30. The third kappa shape index (κ3) is 5.91. The van der Waals surface area contributed by atoms with Crippen molar-refractivity contribution < 1.29 is 23.0 Å². The van der Waals surface area contributed by atoms with E-state index in [0.717, 1.165) is 63.0 Å². The summed E-state index contributed by atoms with van der Waals surface area (Å²) in [5.41, 5.74) is 0.0406. The molecule has 1 fully saturated rings. The maximum atomic E-state index is 15.1. The van der Waals surface area contributed by atoms with Gasteiger partial charge in [0.05, 0.1) is 20.8 Å². The fraction of sp³-hybridized carbons (Fsp3) is 0.577. The second-order valence-corrected chi connectivity index (χ2v) is 9.55. The number of halogens is 2. The number of likely N-dealkylation sites (N-methyl/N-ethyl adjacent to an activating group) is 1. The van der Waals surface area contributed by atoms with Crippen LogP contribution < -0.4 is 24.6 Å². The first-order valence-electron chi connectivity index (χ1n) is 13.1. The van der Waals surface area contributed by atoms with Crippen molar-refractivity contribution in [1.82, 2.24) is 19.8 Å². The Labute approximate surface area is 222 Å². The summed E-state index contributed by atoms with van der Waals surface area (Å²) >= 11 is 0. The van der Waals surface area contributed by atoms with Crippen molar-refractivity contribution in [3.05, 3.63) is 29.5 Å². The number of aromatic nitrogens is 2. The number of urea groups is 1. The summed E-state index contributed by atoms with van der Waals surface area (Å²) in [7, 11) is 4.69. The van der Waals surface area contributed by atoms with E-state index in [1.54, 1.807) is 13.1 Å². The molecule has 12 heteroatoms. The fourth-order valence-electron chi connectivity index (χ4n) is 4.78. The molecule has 0 atom stereocenters. The highest BCUT2D eigenvalue weighted by Gasteiger charge is 2.37. The van der Waals surface area contributed by atoms with E-state index in [0.29, 0.717) is 23.9 Å². The highest BCUT2D eigenvalue weighted by atomic mass is 19.1. The first kappa shape index (κ1) is 27.8. The highest BCUT2D eigenvalue weighted by Crippen LogP contribution is 2.40. The molecule has 0 saturated carbocycles. The lowest BCUT2D eigenvalue weighted by molar-refractivity contribution is 0.152. The summed E-state index contributed by atoms with van der Waals surface area (Å²) in [5, 5.41) is 3.24. The number of hydrogen-bond donors (Lipinski definition) is 1. The van der Waals surface area contributed by atoms with Gasteiger partial charge in [-0.15, -0.1) is 0 Å². The van der Waals surface area contributed by atoms with Crippen LogP contribution in [0.3, 0.4) is 0 Å². The standard InChI is InChI=1S/C26H37F2N7O3/c1-5-34-24-18(17-35(26(34)36)23-21(27)19(37-3)15-20(38-4)22(23)28)16-30-25(31-24)29-9-7-6-8-10-33-13-11-32(2)12-14-33/h15-16H,5-14,17H2,1-4H3,(H,29,30,31). The molecule has 2 aromatic rings. The van der Waals surface area contributed by atoms with Crippen molar-refractivity contribution in [2.24, 2.45) is 0 Å². The third-order valence-corrected chi connectivity index (χ3v) is 7.05. The monoisotopic (exact) mass is 533 g/mol. The number of carbonyl (C=O) groups excluding carboxylic acids is 1. The number of anilines is 3. The normalized spacial score (nSPS) is 16.5. The SMILES string of the molecule is CCN1C(=O)N(c2c(F)c(OC)cc(OC)c2F)Cc2cnc(NCCCCCN3CCN(C)CC3)nc21.